The van der Waals surface area contributed by atoms with Gasteiger partial charge in [0, 0.05) is 7.05 Å². The van der Waals surface area contributed by atoms with Gasteiger partial charge < -0.3 is 9.47 Å². The fourth-order valence-corrected chi connectivity index (χ4v) is 1.25. The molecule has 18 heavy (non-hydrogen) atoms. The maximum atomic E-state index is 11.7. The lowest BCUT2D eigenvalue weighted by Gasteiger charge is -2.22. The Morgan fingerprint density at radius 2 is 1.72 bits per heavy atom. The first kappa shape index (κ1) is 16.7. The molecule has 1 atom stereocenters. The van der Waals surface area contributed by atoms with Crippen molar-refractivity contribution in [2.45, 2.75) is 52.5 Å². The number of unbranched alkanes of at least 4 members (excludes halogenated alkanes) is 2. The van der Waals surface area contributed by atoms with Gasteiger partial charge in [0.05, 0.1) is 13.2 Å². The standard InChI is InChI=1S/C13H25NO4/c1-5-7-8-10-17-12(15)11(3)14(4)13(16)18-9-6-2/h11H,5-10H2,1-4H3. The quantitative estimate of drug-likeness (QED) is 0.496. The molecule has 0 radical (unpaired) electrons. The topological polar surface area (TPSA) is 55.8 Å². The second-order valence-electron chi connectivity index (χ2n) is 4.28. The van der Waals surface area contributed by atoms with Crippen LogP contribution in [0, 0.1) is 0 Å². The number of amides is 1. The molecule has 0 aliphatic heterocycles. The minimum absolute atomic E-state index is 0.363. The van der Waals surface area contributed by atoms with Crippen LogP contribution in [0.2, 0.25) is 0 Å². The van der Waals surface area contributed by atoms with E-state index in [1.807, 2.05) is 6.92 Å². The van der Waals surface area contributed by atoms with Crippen LogP contribution in [0.1, 0.15) is 46.5 Å². The Balaban J connectivity index is 3.99. The van der Waals surface area contributed by atoms with Crippen LogP contribution < -0.4 is 0 Å². The van der Waals surface area contributed by atoms with Crippen molar-refractivity contribution in [1.82, 2.24) is 4.90 Å². The number of hydrogen-bond acceptors (Lipinski definition) is 4. The van der Waals surface area contributed by atoms with Crippen LogP contribution in [0.4, 0.5) is 4.79 Å². The van der Waals surface area contributed by atoms with Gasteiger partial charge in [-0.3, -0.25) is 4.90 Å². The monoisotopic (exact) mass is 259 g/mol. The summed E-state index contributed by atoms with van der Waals surface area (Å²) in [7, 11) is 1.54. The Morgan fingerprint density at radius 3 is 2.28 bits per heavy atom. The molecule has 0 aliphatic rings. The van der Waals surface area contributed by atoms with Crippen molar-refractivity contribution >= 4 is 12.1 Å². The first-order valence-corrected chi connectivity index (χ1v) is 6.60. The normalized spacial score (nSPS) is 11.8. The lowest BCUT2D eigenvalue weighted by Crippen LogP contribution is -2.41. The van der Waals surface area contributed by atoms with E-state index in [1.54, 1.807) is 6.92 Å². The van der Waals surface area contributed by atoms with Gasteiger partial charge in [-0.15, -0.1) is 0 Å². The van der Waals surface area contributed by atoms with E-state index in [-0.39, 0.29) is 5.97 Å². The van der Waals surface area contributed by atoms with E-state index in [1.165, 1.54) is 11.9 Å². The second kappa shape index (κ2) is 9.74. The molecular weight excluding hydrogens is 234 g/mol. The van der Waals surface area contributed by atoms with Crippen LogP contribution in [0.15, 0.2) is 0 Å². The molecule has 0 aromatic heterocycles. The third-order valence-electron chi connectivity index (χ3n) is 2.63. The highest BCUT2D eigenvalue weighted by molar-refractivity contribution is 5.80. The van der Waals surface area contributed by atoms with Crippen molar-refractivity contribution < 1.29 is 19.1 Å². The van der Waals surface area contributed by atoms with Crippen molar-refractivity contribution in [3.63, 3.8) is 0 Å². The number of rotatable bonds is 8. The summed E-state index contributed by atoms with van der Waals surface area (Å²) in [5, 5.41) is 0. The molecule has 0 saturated heterocycles. The molecule has 5 heteroatoms. The fraction of sp³-hybridized carbons (Fsp3) is 0.846. The fourth-order valence-electron chi connectivity index (χ4n) is 1.25. The summed E-state index contributed by atoms with van der Waals surface area (Å²) in [5.74, 6) is -0.387. The van der Waals surface area contributed by atoms with E-state index >= 15 is 0 Å². The minimum atomic E-state index is -0.615. The molecular formula is C13H25NO4. The second-order valence-corrected chi connectivity index (χ2v) is 4.28. The third kappa shape index (κ3) is 6.47. The van der Waals surface area contributed by atoms with Crippen molar-refractivity contribution in [1.29, 1.82) is 0 Å². The highest BCUT2D eigenvalue weighted by Crippen LogP contribution is 2.03. The molecule has 0 N–H and O–H groups in total. The Bertz CT molecular complexity index is 255. The highest BCUT2D eigenvalue weighted by atomic mass is 16.6. The number of ether oxygens (including phenoxy) is 2. The van der Waals surface area contributed by atoms with Crippen LogP contribution >= 0.6 is 0 Å². The molecule has 106 valence electrons. The number of carbonyl (C=O) groups excluding carboxylic acids is 2. The molecule has 1 amide bonds. The van der Waals surface area contributed by atoms with E-state index in [4.69, 9.17) is 9.47 Å². The van der Waals surface area contributed by atoms with E-state index in [9.17, 15) is 9.59 Å². The van der Waals surface area contributed by atoms with Crippen LogP contribution in [0.3, 0.4) is 0 Å². The molecule has 0 aliphatic carbocycles. The molecule has 0 spiro atoms. The number of nitrogens with zero attached hydrogens (tertiary/aromatic N) is 1. The van der Waals surface area contributed by atoms with E-state index in [2.05, 4.69) is 6.92 Å². The molecule has 0 heterocycles. The molecule has 1 unspecified atom stereocenters. The largest absolute Gasteiger partial charge is 0.464 e. The van der Waals surface area contributed by atoms with Gasteiger partial charge in [-0.05, 0) is 19.8 Å². The van der Waals surface area contributed by atoms with Crippen LogP contribution in [-0.4, -0.2) is 43.3 Å². The van der Waals surface area contributed by atoms with Crippen molar-refractivity contribution in [3.05, 3.63) is 0 Å². The van der Waals surface area contributed by atoms with Crippen LogP contribution in [-0.2, 0) is 14.3 Å². The minimum Gasteiger partial charge on any atom is -0.464 e. The average molecular weight is 259 g/mol. The van der Waals surface area contributed by atoms with Crippen molar-refractivity contribution in [3.8, 4) is 0 Å². The molecule has 0 aromatic rings. The van der Waals surface area contributed by atoms with Gasteiger partial charge in [0.15, 0.2) is 0 Å². The predicted molar refractivity (Wildman–Crippen MR) is 69.3 cm³/mol. The highest BCUT2D eigenvalue weighted by Gasteiger charge is 2.24. The van der Waals surface area contributed by atoms with E-state index < -0.39 is 12.1 Å². The van der Waals surface area contributed by atoms with Gasteiger partial charge in [0.2, 0.25) is 0 Å². The molecule has 0 rings (SSSR count). The first-order valence-electron chi connectivity index (χ1n) is 6.60. The summed E-state index contributed by atoms with van der Waals surface area (Å²) < 4.78 is 10.0. The Hall–Kier alpha value is -1.26. The van der Waals surface area contributed by atoms with Crippen molar-refractivity contribution in [2.24, 2.45) is 0 Å². The van der Waals surface area contributed by atoms with E-state index in [0.717, 1.165) is 25.7 Å². The maximum Gasteiger partial charge on any atom is 0.410 e. The molecule has 0 saturated carbocycles. The number of hydrogen-bond donors (Lipinski definition) is 0. The van der Waals surface area contributed by atoms with E-state index in [0.29, 0.717) is 13.2 Å². The van der Waals surface area contributed by atoms with Crippen molar-refractivity contribution in [2.75, 3.05) is 20.3 Å². The summed E-state index contributed by atoms with van der Waals surface area (Å²) in [4.78, 5) is 24.4. The Labute approximate surface area is 109 Å². The Morgan fingerprint density at radius 1 is 1.06 bits per heavy atom. The summed E-state index contributed by atoms with van der Waals surface area (Å²) in [6.45, 7) is 6.41. The smallest absolute Gasteiger partial charge is 0.410 e. The van der Waals surface area contributed by atoms with Gasteiger partial charge in [-0.2, -0.15) is 0 Å². The third-order valence-corrected chi connectivity index (χ3v) is 2.63. The maximum absolute atomic E-state index is 11.7. The lowest BCUT2D eigenvalue weighted by molar-refractivity contribution is -0.148. The number of likely N-dealkylation sites (N-methyl/N-ethyl adjacent to an activating group) is 1. The van der Waals surface area contributed by atoms with Gasteiger partial charge >= 0.3 is 12.1 Å². The molecule has 0 aromatic carbocycles. The zero-order valence-electron chi connectivity index (χ0n) is 11.9. The molecule has 5 nitrogen and oxygen atoms in total. The van der Waals surface area contributed by atoms with Gasteiger partial charge in [-0.25, -0.2) is 9.59 Å². The average Bonchev–Trinajstić information content (AvgIpc) is 2.38. The zero-order valence-corrected chi connectivity index (χ0v) is 11.9. The number of carbonyl (C=O) groups is 2. The van der Waals surface area contributed by atoms with Crippen LogP contribution in [0.25, 0.3) is 0 Å². The predicted octanol–water partition coefficient (Wildman–Crippen LogP) is 2.59. The Kier molecular flexibility index (Phi) is 9.06. The number of esters is 1. The summed E-state index contributed by atoms with van der Waals surface area (Å²) >= 11 is 0. The summed E-state index contributed by atoms with van der Waals surface area (Å²) in [6.07, 6.45) is 3.25. The van der Waals surface area contributed by atoms with Gasteiger partial charge in [-0.1, -0.05) is 26.7 Å². The van der Waals surface area contributed by atoms with Gasteiger partial charge in [0.25, 0.3) is 0 Å². The summed E-state index contributed by atoms with van der Waals surface area (Å²) in [6, 6.07) is -0.615. The van der Waals surface area contributed by atoms with Crippen LogP contribution in [0.5, 0.6) is 0 Å². The zero-order chi connectivity index (χ0) is 14.0. The molecule has 0 bridgehead atoms. The summed E-state index contributed by atoms with van der Waals surface area (Å²) in [5.41, 5.74) is 0. The van der Waals surface area contributed by atoms with Gasteiger partial charge in [0.1, 0.15) is 6.04 Å². The first-order chi connectivity index (χ1) is 8.54. The SMILES string of the molecule is CCCCCOC(=O)C(C)N(C)C(=O)OCCC. The molecule has 0 fully saturated rings. The lowest BCUT2D eigenvalue weighted by atomic mass is 10.2.